The van der Waals surface area contributed by atoms with Crippen LogP contribution >= 0.6 is 11.3 Å². The predicted molar refractivity (Wildman–Crippen MR) is 107 cm³/mol. The largest absolute Gasteiger partial charge is 0.343 e. The van der Waals surface area contributed by atoms with E-state index in [1.165, 1.54) is 47.5 Å². The van der Waals surface area contributed by atoms with E-state index in [2.05, 4.69) is 80.1 Å². The van der Waals surface area contributed by atoms with Gasteiger partial charge in [-0.15, -0.1) is 11.3 Å². The maximum atomic E-state index is 2.40. The highest BCUT2D eigenvalue weighted by molar-refractivity contribution is 7.26. The summed E-state index contributed by atoms with van der Waals surface area (Å²) < 4.78 is 5.12. The third-order valence-electron chi connectivity index (χ3n) is 5.19. The standard InChI is InChI=1S/C22H19NS/c1-13(2)14-8-10-19-17(12-14)21-20(24-19)11-9-16-15-6-4-5-7-18(15)23(3)22(16)21/h4-13H,1-3H3. The van der Waals surface area contributed by atoms with Crippen molar-refractivity contribution in [2.45, 2.75) is 19.8 Å². The molecule has 0 unspecified atom stereocenters. The molecule has 0 aliphatic heterocycles. The van der Waals surface area contributed by atoms with Gasteiger partial charge in [-0.1, -0.05) is 44.2 Å². The number of thiophene rings is 1. The molecule has 0 radical (unpaired) electrons. The van der Waals surface area contributed by atoms with Crippen LogP contribution in [0.5, 0.6) is 0 Å². The molecule has 0 atom stereocenters. The summed E-state index contributed by atoms with van der Waals surface area (Å²) in [4.78, 5) is 0. The number of hydrogen-bond acceptors (Lipinski definition) is 1. The molecule has 0 spiro atoms. The Kier molecular flexibility index (Phi) is 2.84. The minimum atomic E-state index is 0.552. The van der Waals surface area contributed by atoms with E-state index in [0.29, 0.717) is 5.92 Å². The van der Waals surface area contributed by atoms with Crippen molar-refractivity contribution in [1.82, 2.24) is 4.57 Å². The first-order chi connectivity index (χ1) is 11.6. The van der Waals surface area contributed by atoms with Crippen LogP contribution in [0.15, 0.2) is 54.6 Å². The lowest BCUT2D eigenvalue weighted by Gasteiger charge is -2.06. The maximum absolute atomic E-state index is 2.40. The number of hydrogen-bond donors (Lipinski definition) is 0. The Morgan fingerprint density at radius 2 is 1.62 bits per heavy atom. The van der Waals surface area contributed by atoms with Gasteiger partial charge in [0.2, 0.25) is 0 Å². The van der Waals surface area contributed by atoms with Crippen LogP contribution in [-0.4, -0.2) is 4.57 Å². The first kappa shape index (κ1) is 14.1. The molecule has 5 aromatic rings. The Morgan fingerprint density at radius 3 is 2.46 bits per heavy atom. The molecular formula is C22H19NS. The molecule has 0 aliphatic carbocycles. The predicted octanol–water partition coefficient (Wildman–Crippen LogP) is 6.82. The Balaban J connectivity index is 2.06. The van der Waals surface area contributed by atoms with Crippen molar-refractivity contribution in [2.24, 2.45) is 7.05 Å². The molecular weight excluding hydrogens is 310 g/mol. The molecule has 118 valence electrons. The number of benzene rings is 3. The number of nitrogens with zero attached hydrogens (tertiary/aromatic N) is 1. The molecule has 0 bridgehead atoms. The minimum absolute atomic E-state index is 0.552. The van der Waals surface area contributed by atoms with Gasteiger partial charge < -0.3 is 4.57 Å². The van der Waals surface area contributed by atoms with Crippen molar-refractivity contribution < 1.29 is 0 Å². The first-order valence-corrected chi connectivity index (χ1v) is 9.29. The highest BCUT2D eigenvalue weighted by atomic mass is 32.1. The van der Waals surface area contributed by atoms with E-state index in [1.807, 2.05) is 11.3 Å². The van der Waals surface area contributed by atoms with E-state index in [-0.39, 0.29) is 0 Å². The zero-order valence-electron chi connectivity index (χ0n) is 14.1. The molecule has 0 saturated carbocycles. The van der Waals surface area contributed by atoms with Crippen LogP contribution < -0.4 is 0 Å². The van der Waals surface area contributed by atoms with E-state index in [4.69, 9.17) is 0 Å². The van der Waals surface area contributed by atoms with Gasteiger partial charge in [0.1, 0.15) is 0 Å². The second-order valence-electron chi connectivity index (χ2n) is 6.92. The van der Waals surface area contributed by atoms with Gasteiger partial charge >= 0.3 is 0 Å². The van der Waals surface area contributed by atoms with E-state index in [0.717, 1.165) is 0 Å². The van der Waals surface area contributed by atoms with Gasteiger partial charge in [0, 0.05) is 43.5 Å². The third-order valence-corrected chi connectivity index (χ3v) is 6.33. The molecule has 0 N–H and O–H groups in total. The lowest BCUT2D eigenvalue weighted by Crippen LogP contribution is -1.88. The number of rotatable bonds is 1. The molecule has 0 aliphatic rings. The van der Waals surface area contributed by atoms with Gasteiger partial charge in [-0.2, -0.15) is 0 Å². The van der Waals surface area contributed by atoms with Gasteiger partial charge in [0.25, 0.3) is 0 Å². The minimum Gasteiger partial charge on any atom is -0.343 e. The molecule has 2 heteroatoms. The fourth-order valence-corrected chi connectivity index (χ4v) is 5.00. The molecule has 0 saturated heterocycles. The second-order valence-corrected chi connectivity index (χ2v) is 8.01. The van der Waals surface area contributed by atoms with Crippen molar-refractivity contribution in [3.63, 3.8) is 0 Å². The summed E-state index contributed by atoms with van der Waals surface area (Å²) in [7, 11) is 2.19. The number of para-hydroxylation sites is 1. The van der Waals surface area contributed by atoms with Crippen LogP contribution in [0.2, 0.25) is 0 Å². The quantitative estimate of drug-likeness (QED) is 0.318. The first-order valence-electron chi connectivity index (χ1n) is 8.47. The van der Waals surface area contributed by atoms with Crippen molar-refractivity contribution in [3.8, 4) is 0 Å². The Hall–Kier alpha value is -2.32. The lowest BCUT2D eigenvalue weighted by atomic mass is 10.00. The van der Waals surface area contributed by atoms with E-state index in [1.54, 1.807) is 0 Å². The van der Waals surface area contributed by atoms with Crippen LogP contribution in [0.3, 0.4) is 0 Å². The van der Waals surface area contributed by atoms with Gasteiger partial charge in [-0.3, -0.25) is 0 Å². The second kappa shape index (κ2) is 4.84. The fourth-order valence-electron chi connectivity index (χ4n) is 3.91. The van der Waals surface area contributed by atoms with Crippen molar-refractivity contribution in [1.29, 1.82) is 0 Å². The highest BCUT2D eigenvalue weighted by Gasteiger charge is 2.15. The average molecular weight is 329 g/mol. The molecule has 0 amide bonds. The Labute approximate surface area is 145 Å². The van der Waals surface area contributed by atoms with Crippen LogP contribution in [0.4, 0.5) is 0 Å². The fraction of sp³-hybridized carbons (Fsp3) is 0.182. The Bertz CT molecular complexity index is 1240. The molecule has 1 nitrogen and oxygen atoms in total. The van der Waals surface area contributed by atoms with E-state index >= 15 is 0 Å². The third kappa shape index (κ3) is 1.75. The summed E-state index contributed by atoms with van der Waals surface area (Å²) in [5, 5.41) is 5.51. The topological polar surface area (TPSA) is 4.93 Å². The summed E-state index contributed by atoms with van der Waals surface area (Å²) in [6, 6.07) is 20.3. The summed E-state index contributed by atoms with van der Waals surface area (Å²) in [6.45, 7) is 4.53. The van der Waals surface area contributed by atoms with Crippen LogP contribution in [0.25, 0.3) is 42.0 Å². The number of aryl methyl sites for hydroxylation is 1. The monoisotopic (exact) mass is 329 g/mol. The van der Waals surface area contributed by atoms with Crippen molar-refractivity contribution in [2.75, 3.05) is 0 Å². The van der Waals surface area contributed by atoms with Crippen LogP contribution in [-0.2, 0) is 7.05 Å². The summed E-state index contributed by atoms with van der Waals surface area (Å²) in [5.41, 5.74) is 4.08. The summed E-state index contributed by atoms with van der Waals surface area (Å²) >= 11 is 1.90. The van der Waals surface area contributed by atoms with E-state index in [9.17, 15) is 0 Å². The van der Waals surface area contributed by atoms with Crippen molar-refractivity contribution >= 4 is 53.3 Å². The zero-order valence-corrected chi connectivity index (χ0v) is 14.9. The molecule has 2 aromatic heterocycles. The molecule has 5 rings (SSSR count). The smallest absolute Gasteiger partial charge is 0.0583 e. The SMILES string of the molecule is CC(C)c1ccc2sc3ccc4c5ccccc5n(C)c4c3c2c1. The van der Waals surface area contributed by atoms with Crippen LogP contribution in [0, 0.1) is 0 Å². The lowest BCUT2D eigenvalue weighted by molar-refractivity contribution is 0.869. The number of fused-ring (bicyclic) bond motifs is 7. The van der Waals surface area contributed by atoms with Gasteiger partial charge in [0.05, 0.1) is 5.52 Å². The normalized spacial score (nSPS) is 12.3. The molecule has 2 heterocycles. The van der Waals surface area contributed by atoms with Crippen LogP contribution in [0.1, 0.15) is 25.3 Å². The van der Waals surface area contributed by atoms with Gasteiger partial charge in [0.15, 0.2) is 0 Å². The summed E-state index contributed by atoms with van der Waals surface area (Å²) in [5.74, 6) is 0.552. The maximum Gasteiger partial charge on any atom is 0.0583 e. The molecule has 24 heavy (non-hydrogen) atoms. The molecule has 3 aromatic carbocycles. The van der Waals surface area contributed by atoms with Gasteiger partial charge in [-0.05, 0) is 35.7 Å². The highest BCUT2D eigenvalue weighted by Crippen LogP contribution is 2.42. The average Bonchev–Trinajstić information content (AvgIpc) is 3.10. The zero-order chi connectivity index (χ0) is 16.4. The Morgan fingerprint density at radius 1 is 0.833 bits per heavy atom. The molecule has 0 fully saturated rings. The van der Waals surface area contributed by atoms with Crippen molar-refractivity contribution in [3.05, 3.63) is 60.2 Å². The van der Waals surface area contributed by atoms with Gasteiger partial charge in [-0.25, -0.2) is 0 Å². The van der Waals surface area contributed by atoms with E-state index < -0.39 is 0 Å². The number of aromatic nitrogens is 1. The summed E-state index contributed by atoms with van der Waals surface area (Å²) in [6.07, 6.45) is 0.